The lowest BCUT2D eigenvalue weighted by atomic mass is 10.5. The zero-order chi connectivity index (χ0) is 14.7. The van der Waals surface area contributed by atoms with Crippen molar-refractivity contribution in [3.8, 4) is 17.7 Å². The average molecular weight is 306 g/mol. The van der Waals surface area contributed by atoms with E-state index in [1.54, 1.807) is 6.07 Å². The van der Waals surface area contributed by atoms with Gasteiger partial charge in [-0.05, 0) is 0 Å². The Bertz CT molecular complexity index is 748. The fourth-order valence-electron chi connectivity index (χ4n) is 1.42. The first-order valence-electron chi connectivity index (χ1n) is 5.61. The zero-order valence-electron chi connectivity index (χ0n) is 10.4. The van der Waals surface area contributed by atoms with Crippen LogP contribution in [0.2, 0.25) is 5.02 Å². The van der Waals surface area contributed by atoms with Gasteiger partial charge in [0, 0.05) is 12.3 Å². The van der Waals surface area contributed by atoms with Crippen molar-refractivity contribution in [3.05, 3.63) is 36.1 Å². The number of pyridine rings is 1. The van der Waals surface area contributed by atoms with Crippen molar-refractivity contribution >= 4 is 17.5 Å². The Labute approximate surface area is 123 Å². The van der Waals surface area contributed by atoms with Crippen molar-refractivity contribution in [2.45, 2.75) is 0 Å². The number of nitrogens with one attached hydrogen (secondary N) is 1. The first-order chi connectivity index (χ1) is 10.2. The number of nitrogen functional groups attached to an aromatic ring is 1. The summed E-state index contributed by atoms with van der Waals surface area (Å²) < 4.78 is 6.81. The minimum absolute atomic E-state index is 0.00696. The number of rotatable bonds is 4. The Kier molecular flexibility index (Phi) is 3.53. The number of nitrogens with two attached hydrogens (primary N) is 1. The molecule has 0 aliphatic carbocycles. The number of aromatic nitrogens is 7. The largest absolute Gasteiger partial charge is 0.422 e. The Morgan fingerprint density at radius 1 is 1.19 bits per heavy atom. The molecule has 3 rings (SSSR count). The van der Waals surface area contributed by atoms with Crippen molar-refractivity contribution in [1.82, 2.24) is 34.7 Å². The molecule has 21 heavy (non-hydrogen) atoms. The van der Waals surface area contributed by atoms with E-state index in [1.807, 2.05) is 0 Å². The van der Waals surface area contributed by atoms with Gasteiger partial charge in [0.25, 0.3) is 5.95 Å². The lowest BCUT2D eigenvalue weighted by Gasteiger charge is -2.07. The highest BCUT2D eigenvalue weighted by Gasteiger charge is 2.10. The summed E-state index contributed by atoms with van der Waals surface area (Å²) in [4.78, 5) is 19.8. The third kappa shape index (κ3) is 3.01. The Morgan fingerprint density at radius 2 is 2.10 bits per heavy atom. The second kappa shape index (κ2) is 5.64. The van der Waals surface area contributed by atoms with Gasteiger partial charge in [-0.15, -0.1) is 0 Å². The number of ether oxygens (including phenoxy) is 1. The molecule has 0 fully saturated rings. The lowest BCUT2D eigenvalue weighted by molar-refractivity contribution is 0.436. The van der Waals surface area contributed by atoms with Crippen LogP contribution in [-0.4, -0.2) is 34.7 Å². The number of nitrogens with zero attached hydrogens (tertiary/aromatic N) is 7. The van der Waals surface area contributed by atoms with Crippen LogP contribution in [0.4, 0.5) is 5.95 Å². The van der Waals surface area contributed by atoms with Crippen LogP contribution in [0.5, 0.6) is 11.8 Å². The molecule has 0 spiro atoms. The van der Waals surface area contributed by atoms with Crippen LogP contribution >= 0.6 is 11.6 Å². The maximum absolute atomic E-state index is 5.83. The zero-order valence-corrected chi connectivity index (χ0v) is 11.1. The summed E-state index contributed by atoms with van der Waals surface area (Å²) in [5.41, 5.74) is 2.32. The van der Waals surface area contributed by atoms with Crippen LogP contribution < -0.4 is 16.0 Å². The summed E-state index contributed by atoms with van der Waals surface area (Å²) in [5.74, 6) is 6.00. The Hall–Kier alpha value is -2.85. The van der Waals surface area contributed by atoms with Gasteiger partial charge in [-0.1, -0.05) is 11.6 Å². The number of hydrazine groups is 1. The molecule has 0 unspecified atom stereocenters. The van der Waals surface area contributed by atoms with E-state index in [4.69, 9.17) is 22.2 Å². The third-order valence-electron chi connectivity index (χ3n) is 2.24. The SMILES string of the molecule is NNc1nc(Oc2cncc(Cl)c2)nc(-n2cncn2)n1. The molecule has 3 aromatic heterocycles. The van der Waals surface area contributed by atoms with E-state index in [-0.39, 0.29) is 17.9 Å². The normalized spacial score (nSPS) is 10.4. The molecular formula is C10H8ClN9O. The van der Waals surface area contributed by atoms with Gasteiger partial charge in [0.2, 0.25) is 5.95 Å². The summed E-state index contributed by atoms with van der Waals surface area (Å²) in [7, 11) is 0. The molecule has 10 nitrogen and oxygen atoms in total. The third-order valence-corrected chi connectivity index (χ3v) is 2.45. The average Bonchev–Trinajstić information content (AvgIpc) is 3.01. The molecule has 0 atom stereocenters. The highest BCUT2D eigenvalue weighted by Crippen LogP contribution is 2.21. The highest BCUT2D eigenvalue weighted by molar-refractivity contribution is 6.30. The summed E-state index contributed by atoms with van der Waals surface area (Å²) in [5, 5.41) is 4.35. The van der Waals surface area contributed by atoms with Crippen molar-refractivity contribution in [2.75, 3.05) is 5.43 Å². The second-order valence-corrected chi connectivity index (χ2v) is 4.10. The molecule has 0 radical (unpaired) electrons. The van der Waals surface area contributed by atoms with Crippen LogP contribution in [0, 0.1) is 0 Å². The first-order valence-corrected chi connectivity index (χ1v) is 5.98. The van der Waals surface area contributed by atoms with E-state index in [1.165, 1.54) is 29.7 Å². The molecule has 0 saturated carbocycles. The molecule has 3 heterocycles. The fourth-order valence-corrected chi connectivity index (χ4v) is 1.59. The van der Waals surface area contributed by atoms with Crippen molar-refractivity contribution in [1.29, 1.82) is 0 Å². The predicted octanol–water partition coefficient (Wildman–Crippen LogP) is 0.579. The van der Waals surface area contributed by atoms with Crippen molar-refractivity contribution in [2.24, 2.45) is 5.84 Å². The van der Waals surface area contributed by atoms with Gasteiger partial charge in [-0.2, -0.15) is 24.7 Å². The first kappa shape index (κ1) is 13.1. The molecule has 106 valence electrons. The summed E-state index contributed by atoms with van der Waals surface area (Å²) in [6, 6.07) is 1.58. The number of halogens is 1. The molecular weight excluding hydrogens is 298 g/mol. The quantitative estimate of drug-likeness (QED) is 0.525. The monoisotopic (exact) mass is 305 g/mol. The van der Waals surface area contributed by atoms with Crippen molar-refractivity contribution in [3.63, 3.8) is 0 Å². The minimum atomic E-state index is 0.00696. The summed E-state index contributed by atoms with van der Waals surface area (Å²) >= 11 is 5.83. The van der Waals surface area contributed by atoms with Gasteiger partial charge in [0.05, 0.1) is 11.2 Å². The number of hydrogen-bond donors (Lipinski definition) is 2. The molecule has 11 heteroatoms. The van der Waals surface area contributed by atoms with Gasteiger partial charge in [0.15, 0.2) is 5.75 Å². The van der Waals surface area contributed by atoms with Crippen LogP contribution in [0.1, 0.15) is 0 Å². The molecule has 0 aliphatic heterocycles. The number of anilines is 1. The molecule has 3 aromatic rings. The Balaban J connectivity index is 1.96. The van der Waals surface area contributed by atoms with E-state index in [0.29, 0.717) is 10.8 Å². The molecule has 0 aliphatic rings. The molecule has 0 saturated heterocycles. The summed E-state index contributed by atoms with van der Waals surface area (Å²) in [6.07, 6.45) is 5.73. The van der Waals surface area contributed by atoms with E-state index in [2.05, 4.69) is 35.4 Å². The smallest absolute Gasteiger partial charge is 0.328 e. The van der Waals surface area contributed by atoms with Gasteiger partial charge in [-0.25, -0.2) is 10.8 Å². The number of hydrogen-bond acceptors (Lipinski definition) is 9. The molecule has 3 N–H and O–H groups in total. The van der Waals surface area contributed by atoms with Crippen LogP contribution in [0.25, 0.3) is 5.95 Å². The van der Waals surface area contributed by atoms with E-state index in [9.17, 15) is 0 Å². The molecule has 0 amide bonds. The van der Waals surface area contributed by atoms with Gasteiger partial charge in [0.1, 0.15) is 12.7 Å². The standard InChI is InChI=1S/C10H8ClN9O/c11-6-1-7(3-13-2-6)21-10-17-8(19-12)16-9(18-10)20-5-14-4-15-20/h1-5H,12H2,(H,16,17,18,19). The van der Waals surface area contributed by atoms with Gasteiger partial charge in [-0.3, -0.25) is 10.4 Å². The lowest BCUT2D eigenvalue weighted by Crippen LogP contribution is -2.14. The van der Waals surface area contributed by atoms with Crippen molar-refractivity contribution < 1.29 is 4.74 Å². The molecule has 0 bridgehead atoms. The second-order valence-electron chi connectivity index (χ2n) is 3.67. The highest BCUT2D eigenvalue weighted by atomic mass is 35.5. The summed E-state index contributed by atoms with van der Waals surface area (Å²) in [6.45, 7) is 0. The van der Waals surface area contributed by atoms with E-state index < -0.39 is 0 Å². The van der Waals surface area contributed by atoms with Crippen LogP contribution in [-0.2, 0) is 0 Å². The predicted molar refractivity (Wildman–Crippen MR) is 71.9 cm³/mol. The maximum Gasteiger partial charge on any atom is 0.328 e. The van der Waals surface area contributed by atoms with Gasteiger partial charge < -0.3 is 4.74 Å². The molecule has 0 aromatic carbocycles. The minimum Gasteiger partial charge on any atom is -0.422 e. The fraction of sp³-hybridized carbons (Fsp3) is 0. The van der Waals surface area contributed by atoms with Gasteiger partial charge >= 0.3 is 6.01 Å². The van der Waals surface area contributed by atoms with E-state index >= 15 is 0 Å². The van der Waals surface area contributed by atoms with Crippen LogP contribution in [0.3, 0.4) is 0 Å². The van der Waals surface area contributed by atoms with Crippen LogP contribution in [0.15, 0.2) is 31.1 Å². The Morgan fingerprint density at radius 3 is 2.81 bits per heavy atom. The maximum atomic E-state index is 5.83. The van der Waals surface area contributed by atoms with E-state index in [0.717, 1.165) is 0 Å². The topological polar surface area (TPSA) is 130 Å².